The van der Waals surface area contributed by atoms with Gasteiger partial charge in [-0.15, -0.1) is 11.6 Å². The van der Waals surface area contributed by atoms with E-state index in [-0.39, 0.29) is 22.0 Å². The lowest BCUT2D eigenvalue weighted by Gasteiger charge is -2.14. The molecule has 0 nitrogen and oxygen atoms in total. The fourth-order valence-corrected chi connectivity index (χ4v) is 1.63. The predicted molar refractivity (Wildman–Crippen MR) is 56.2 cm³/mol. The minimum atomic E-state index is -4.45. The van der Waals surface area contributed by atoms with E-state index in [9.17, 15) is 13.2 Å². The topological polar surface area (TPSA) is 0 Å². The Kier molecular flexibility index (Phi) is 3.68. The van der Waals surface area contributed by atoms with Crippen LogP contribution in [0.15, 0.2) is 24.8 Å². The quantitative estimate of drug-likeness (QED) is 0.677. The Morgan fingerprint density at radius 3 is 2.40 bits per heavy atom. The molecule has 82 valence electrons. The van der Waals surface area contributed by atoms with Crippen molar-refractivity contribution in [1.82, 2.24) is 0 Å². The molecule has 0 saturated carbocycles. The van der Waals surface area contributed by atoms with Crippen LogP contribution in [-0.4, -0.2) is 5.88 Å². The molecule has 0 saturated heterocycles. The Hall–Kier alpha value is -0.670. The molecular weight excluding hydrogens is 248 g/mol. The van der Waals surface area contributed by atoms with Crippen molar-refractivity contribution in [3.63, 3.8) is 0 Å². The third kappa shape index (κ3) is 2.67. The first-order chi connectivity index (χ1) is 6.88. The molecule has 5 heteroatoms. The third-order valence-corrected chi connectivity index (χ3v) is 2.47. The van der Waals surface area contributed by atoms with Crippen LogP contribution in [0.25, 0.3) is 5.57 Å². The fourth-order valence-electron chi connectivity index (χ4n) is 1.19. The highest BCUT2D eigenvalue weighted by Crippen LogP contribution is 2.38. The molecule has 0 N–H and O–H groups in total. The van der Waals surface area contributed by atoms with E-state index >= 15 is 0 Å². The van der Waals surface area contributed by atoms with Gasteiger partial charge in [0.2, 0.25) is 0 Å². The third-order valence-electron chi connectivity index (χ3n) is 1.83. The summed E-state index contributed by atoms with van der Waals surface area (Å²) < 4.78 is 37.7. The van der Waals surface area contributed by atoms with E-state index in [1.165, 1.54) is 12.1 Å². The lowest BCUT2D eigenvalue weighted by molar-refractivity contribution is -0.137. The zero-order valence-electron chi connectivity index (χ0n) is 7.54. The first-order valence-corrected chi connectivity index (χ1v) is 4.89. The van der Waals surface area contributed by atoms with Crippen LogP contribution >= 0.6 is 23.2 Å². The number of benzene rings is 1. The standard InChI is InChI=1S/C10H7Cl2F3/c1-6(5-11)9-7(10(13,14)15)3-2-4-8(9)12/h2-4H,1,5H2. The zero-order chi connectivity index (χ0) is 11.6. The second kappa shape index (κ2) is 4.45. The van der Waals surface area contributed by atoms with Gasteiger partial charge in [0.25, 0.3) is 0 Å². The van der Waals surface area contributed by atoms with Crippen molar-refractivity contribution in [2.45, 2.75) is 6.18 Å². The van der Waals surface area contributed by atoms with E-state index in [2.05, 4.69) is 6.58 Å². The van der Waals surface area contributed by atoms with Crippen LogP contribution in [0, 0.1) is 0 Å². The molecule has 0 atom stereocenters. The van der Waals surface area contributed by atoms with Crippen LogP contribution in [0.1, 0.15) is 11.1 Å². The maximum Gasteiger partial charge on any atom is 0.417 e. The normalized spacial score (nSPS) is 11.5. The summed E-state index contributed by atoms with van der Waals surface area (Å²) in [5.41, 5.74) is -0.767. The molecule has 0 aliphatic rings. The van der Waals surface area contributed by atoms with Crippen molar-refractivity contribution in [1.29, 1.82) is 0 Å². The van der Waals surface area contributed by atoms with Crippen LogP contribution in [0.4, 0.5) is 13.2 Å². The second-order valence-corrected chi connectivity index (χ2v) is 3.57. The van der Waals surface area contributed by atoms with E-state index in [1.54, 1.807) is 0 Å². The number of allylic oxidation sites excluding steroid dienone is 1. The summed E-state index contributed by atoms with van der Waals surface area (Å²) in [6, 6.07) is 3.58. The molecule has 0 aromatic heterocycles. The van der Waals surface area contributed by atoms with Gasteiger partial charge in [0.05, 0.1) is 5.56 Å². The Bertz CT molecular complexity index is 383. The average molecular weight is 255 g/mol. The fraction of sp³-hybridized carbons (Fsp3) is 0.200. The van der Waals surface area contributed by atoms with E-state index in [0.717, 1.165) is 6.07 Å². The monoisotopic (exact) mass is 254 g/mol. The highest BCUT2D eigenvalue weighted by atomic mass is 35.5. The van der Waals surface area contributed by atoms with E-state index in [4.69, 9.17) is 23.2 Å². The number of hydrogen-bond donors (Lipinski definition) is 0. The van der Waals surface area contributed by atoms with Gasteiger partial charge in [-0.1, -0.05) is 24.2 Å². The molecule has 0 amide bonds. The van der Waals surface area contributed by atoms with Crippen LogP contribution in [-0.2, 0) is 6.18 Å². The minimum absolute atomic E-state index is 0.00970. The molecule has 1 rings (SSSR count). The zero-order valence-corrected chi connectivity index (χ0v) is 9.05. The van der Waals surface area contributed by atoms with Gasteiger partial charge in [-0.3, -0.25) is 0 Å². The predicted octanol–water partition coefficient (Wildman–Crippen LogP) is 4.61. The summed E-state index contributed by atoms with van der Waals surface area (Å²) in [5, 5.41) is 0.00970. The van der Waals surface area contributed by atoms with Crippen LogP contribution in [0.2, 0.25) is 5.02 Å². The van der Waals surface area contributed by atoms with Gasteiger partial charge in [0.15, 0.2) is 0 Å². The van der Waals surface area contributed by atoms with Crippen molar-refractivity contribution >= 4 is 28.8 Å². The molecule has 0 aliphatic heterocycles. The highest BCUT2D eigenvalue weighted by molar-refractivity contribution is 6.33. The summed E-state index contributed by atoms with van der Waals surface area (Å²) in [5.74, 6) is -0.0905. The molecule has 0 unspecified atom stereocenters. The molecule has 0 radical (unpaired) electrons. The molecule has 0 aliphatic carbocycles. The average Bonchev–Trinajstić information content (AvgIpc) is 2.15. The Balaban J connectivity index is 3.40. The largest absolute Gasteiger partial charge is 0.417 e. The van der Waals surface area contributed by atoms with Crippen molar-refractivity contribution < 1.29 is 13.2 Å². The molecule has 0 bridgehead atoms. The molecule has 0 fully saturated rings. The first-order valence-electron chi connectivity index (χ1n) is 3.97. The van der Waals surface area contributed by atoms with Gasteiger partial charge in [-0.05, 0) is 17.7 Å². The van der Waals surface area contributed by atoms with Crippen molar-refractivity contribution in [2.75, 3.05) is 5.88 Å². The summed E-state index contributed by atoms with van der Waals surface area (Å²) in [6.07, 6.45) is -4.45. The van der Waals surface area contributed by atoms with E-state index in [0.29, 0.717) is 0 Å². The first kappa shape index (κ1) is 12.4. The van der Waals surface area contributed by atoms with Gasteiger partial charge in [0.1, 0.15) is 0 Å². The minimum Gasteiger partial charge on any atom is -0.166 e. The second-order valence-electron chi connectivity index (χ2n) is 2.90. The van der Waals surface area contributed by atoms with Gasteiger partial charge < -0.3 is 0 Å². The van der Waals surface area contributed by atoms with Gasteiger partial charge in [0, 0.05) is 16.5 Å². The smallest absolute Gasteiger partial charge is 0.166 e. The lowest BCUT2D eigenvalue weighted by atomic mass is 10.0. The summed E-state index contributed by atoms with van der Waals surface area (Å²) in [7, 11) is 0. The summed E-state index contributed by atoms with van der Waals surface area (Å²) in [6.45, 7) is 3.46. The number of halogens is 5. The van der Waals surface area contributed by atoms with Gasteiger partial charge in [-0.2, -0.15) is 13.2 Å². The van der Waals surface area contributed by atoms with Crippen LogP contribution in [0.3, 0.4) is 0 Å². The molecule has 0 heterocycles. The van der Waals surface area contributed by atoms with Crippen LogP contribution in [0.5, 0.6) is 0 Å². The Labute approximate surface area is 95.3 Å². The molecular formula is C10H7Cl2F3. The van der Waals surface area contributed by atoms with Crippen molar-refractivity contribution in [2.24, 2.45) is 0 Å². The summed E-state index contributed by atoms with van der Waals surface area (Å²) in [4.78, 5) is 0. The van der Waals surface area contributed by atoms with E-state index < -0.39 is 11.7 Å². The maximum atomic E-state index is 12.6. The van der Waals surface area contributed by atoms with Crippen LogP contribution < -0.4 is 0 Å². The van der Waals surface area contributed by atoms with Crippen molar-refractivity contribution in [3.05, 3.63) is 40.9 Å². The van der Waals surface area contributed by atoms with Gasteiger partial charge >= 0.3 is 6.18 Å². The lowest BCUT2D eigenvalue weighted by Crippen LogP contribution is -2.09. The Morgan fingerprint density at radius 1 is 1.33 bits per heavy atom. The SMILES string of the molecule is C=C(CCl)c1c(Cl)cccc1C(F)(F)F. The molecule has 1 aromatic carbocycles. The molecule has 15 heavy (non-hydrogen) atoms. The Morgan fingerprint density at radius 2 is 1.93 bits per heavy atom. The molecule has 1 aromatic rings. The summed E-state index contributed by atoms with van der Waals surface area (Å²) >= 11 is 11.1. The van der Waals surface area contributed by atoms with Crippen molar-refractivity contribution in [3.8, 4) is 0 Å². The number of rotatable bonds is 2. The number of hydrogen-bond acceptors (Lipinski definition) is 0. The molecule has 0 spiro atoms. The van der Waals surface area contributed by atoms with E-state index in [1.807, 2.05) is 0 Å². The highest BCUT2D eigenvalue weighted by Gasteiger charge is 2.34. The maximum absolute atomic E-state index is 12.6. The van der Waals surface area contributed by atoms with Gasteiger partial charge in [-0.25, -0.2) is 0 Å². The number of alkyl halides is 4.